The normalized spacial score (nSPS) is 10.2. The zero-order valence-electron chi connectivity index (χ0n) is 11.0. The van der Waals surface area contributed by atoms with Crippen LogP contribution < -0.4 is 0 Å². The van der Waals surface area contributed by atoms with Crippen LogP contribution in [-0.2, 0) is 11.2 Å². The zero-order chi connectivity index (χ0) is 13.7. The summed E-state index contributed by atoms with van der Waals surface area (Å²) in [6.07, 6.45) is 0.293. The van der Waals surface area contributed by atoms with Crippen LogP contribution in [0.4, 0.5) is 0 Å². The Bertz CT molecular complexity index is 453. The van der Waals surface area contributed by atoms with Gasteiger partial charge in [0.15, 0.2) is 0 Å². The lowest BCUT2D eigenvalue weighted by atomic mass is 10.0. The summed E-state index contributed by atoms with van der Waals surface area (Å²) in [6.45, 7) is 6.78. The number of ketones is 1. The second-order valence-electron chi connectivity index (χ2n) is 4.16. The maximum absolute atomic E-state index is 12.3. The van der Waals surface area contributed by atoms with Crippen molar-refractivity contribution >= 4 is 27.6 Å². The number of amides is 1. The lowest BCUT2D eigenvalue weighted by Gasteiger charge is -2.20. The van der Waals surface area contributed by atoms with E-state index in [1.54, 1.807) is 11.0 Å². The fourth-order valence-corrected chi connectivity index (χ4v) is 2.28. The van der Waals surface area contributed by atoms with Crippen molar-refractivity contribution in [2.45, 2.75) is 27.2 Å². The minimum atomic E-state index is -0.0104. The number of rotatable bonds is 5. The smallest absolute Gasteiger partial charge is 0.254 e. The Hall–Kier alpha value is -1.16. The molecule has 1 rings (SSSR count). The van der Waals surface area contributed by atoms with Crippen LogP contribution in [0.2, 0.25) is 0 Å². The summed E-state index contributed by atoms with van der Waals surface area (Å²) >= 11 is 3.37. The van der Waals surface area contributed by atoms with Gasteiger partial charge < -0.3 is 4.90 Å². The second kappa shape index (κ2) is 6.69. The van der Waals surface area contributed by atoms with Crippen molar-refractivity contribution in [3.63, 3.8) is 0 Å². The number of halogens is 1. The maximum Gasteiger partial charge on any atom is 0.254 e. The van der Waals surface area contributed by atoms with E-state index in [-0.39, 0.29) is 11.7 Å². The minimum absolute atomic E-state index is 0.0104. The van der Waals surface area contributed by atoms with Crippen LogP contribution in [0, 0.1) is 0 Å². The van der Waals surface area contributed by atoms with E-state index in [0.29, 0.717) is 25.1 Å². The molecular formula is C14H18BrNO2. The molecule has 0 aliphatic heterocycles. The molecule has 1 amide bonds. The molecule has 0 atom stereocenters. The first-order chi connectivity index (χ1) is 8.49. The third-order valence-electron chi connectivity index (χ3n) is 2.79. The van der Waals surface area contributed by atoms with Crippen molar-refractivity contribution in [2.24, 2.45) is 0 Å². The largest absolute Gasteiger partial charge is 0.339 e. The van der Waals surface area contributed by atoms with Crippen molar-refractivity contribution in [1.82, 2.24) is 4.90 Å². The van der Waals surface area contributed by atoms with Gasteiger partial charge in [0, 0.05) is 29.5 Å². The monoisotopic (exact) mass is 311 g/mol. The van der Waals surface area contributed by atoms with E-state index in [4.69, 9.17) is 0 Å². The molecular weight excluding hydrogens is 294 g/mol. The van der Waals surface area contributed by atoms with Crippen molar-refractivity contribution in [1.29, 1.82) is 0 Å². The van der Waals surface area contributed by atoms with Gasteiger partial charge in [-0.1, -0.05) is 15.9 Å². The summed E-state index contributed by atoms with van der Waals surface area (Å²) in [6, 6.07) is 5.46. The predicted octanol–water partition coefficient (Wildman–Crippen LogP) is 3.06. The number of nitrogens with zero attached hydrogens (tertiary/aromatic N) is 1. The van der Waals surface area contributed by atoms with Gasteiger partial charge in [0.05, 0.1) is 0 Å². The minimum Gasteiger partial charge on any atom is -0.339 e. The zero-order valence-corrected chi connectivity index (χ0v) is 12.6. The highest BCUT2D eigenvalue weighted by Crippen LogP contribution is 2.19. The summed E-state index contributed by atoms with van der Waals surface area (Å²) in [7, 11) is 0. The Morgan fingerprint density at radius 2 is 1.83 bits per heavy atom. The van der Waals surface area contributed by atoms with Gasteiger partial charge in [-0.05, 0) is 44.5 Å². The summed E-state index contributed by atoms with van der Waals surface area (Å²) in [4.78, 5) is 25.3. The number of Topliss-reactive ketones (excluding diaryl/α,β-unsaturated/α-hetero) is 1. The van der Waals surface area contributed by atoms with Gasteiger partial charge in [0.25, 0.3) is 5.91 Å². The molecule has 0 radical (unpaired) electrons. The molecule has 4 heteroatoms. The lowest BCUT2D eigenvalue weighted by molar-refractivity contribution is -0.116. The Morgan fingerprint density at radius 1 is 1.22 bits per heavy atom. The number of carbonyl (C=O) groups is 2. The molecule has 1 aromatic carbocycles. The van der Waals surface area contributed by atoms with E-state index in [2.05, 4.69) is 15.9 Å². The van der Waals surface area contributed by atoms with E-state index in [1.165, 1.54) is 6.92 Å². The highest BCUT2D eigenvalue weighted by Gasteiger charge is 2.17. The maximum atomic E-state index is 12.3. The second-order valence-corrected chi connectivity index (χ2v) is 5.07. The van der Waals surface area contributed by atoms with E-state index < -0.39 is 0 Å². The van der Waals surface area contributed by atoms with Crippen LogP contribution in [0.1, 0.15) is 36.7 Å². The lowest BCUT2D eigenvalue weighted by Crippen LogP contribution is -2.31. The molecule has 0 saturated heterocycles. The van der Waals surface area contributed by atoms with Gasteiger partial charge in [0.1, 0.15) is 5.78 Å². The Kier molecular flexibility index (Phi) is 5.54. The molecule has 0 aliphatic rings. The Morgan fingerprint density at radius 3 is 2.33 bits per heavy atom. The number of hydrogen-bond donors (Lipinski definition) is 0. The van der Waals surface area contributed by atoms with E-state index in [9.17, 15) is 9.59 Å². The number of hydrogen-bond acceptors (Lipinski definition) is 2. The standard InChI is InChI=1S/C14H18BrNO2/c1-4-16(5-2)14(18)13-7-6-12(15)9-11(13)8-10(3)17/h6-7,9H,4-5,8H2,1-3H3. The van der Waals surface area contributed by atoms with Crippen molar-refractivity contribution in [2.75, 3.05) is 13.1 Å². The summed E-state index contributed by atoms with van der Waals surface area (Å²) in [5.74, 6) is 0.0467. The Balaban J connectivity index is 3.14. The van der Waals surface area contributed by atoms with Crippen LogP contribution in [0.3, 0.4) is 0 Å². The van der Waals surface area contributed by atoms with Gasteiger partial charge in [-0.25, -0.2) is 0 Å². The molecule has 1 aromatic rings. The van der Waals surface area contributed by atoms with E-state index in [1.807, 2.05) is 26.0 Å². The topological polar surface area (TPSA) is 37.4 Å². The van der Waals surface area contributed by atoms with Crippen molar-refractivity contribution < 1.29 is 9.59 Å². The summed E-state index contributed by atoms with van der Waals surface area (Å²) in [5.41, 5.74) is 1.41. The average Bonchev–Trinajstić information content (AvgIpc) is 2.29. The molecule has 0 heterocycles. The third kappa shape index (κ3) is 3.67. The third-order valence-corrected chi connectivity index (χ3v) is 3.28. The van der Waals surface area contributed by atoms with Crippen LogP contribution in [-0.4, -0.2) is 29.7 Å². The molecule has 0 saturated carbocycles. The molecule has 0 aliphatic carbocycles. The van der Waals surface area contributed by atoms with Crippen molar-refractivity contribution in [3.05, 3.63) is 33.8 Å². The van der Waals surface area contributed by atoms with Gasteiger partial charge in [-0.3, -0.25) is 9.59 Å². The van der Waals surface area contributed by atoms with Gasteiger partial charge in [-0.2, -0.15) is 0 Å². The first-order valence-corrected chi connectivity index (χ1v) is 6.86. The molecule has 0 aromatic heterocycles. The molecule has 18 heavy (non-hydrogen) atoms. The molecule has 0 spiro atoms. The molecule has 0 N–H and O–H groups in total. The van der Waals surface area contributed by atoms with Gasteiger partial charge in [0.2, 0.25) is 0 Å². The van der Waals surface area contributed by atoms with Gasteiger partial charge >= 0.3 is 0 Å². The van der Waals surface area contributed by atoms with Crippen LogP contribution >= 0.6 is 15.9 Å². The summed E-state index contributed by atoms with van der Waals surface area (Å²) < 4.78 is 0.884. The van der Waals surface area contributed by atoms with Crippen LogP contribution in [0.15, 0.2) is 22.7 Å². The van der Waals surface area contributed by atoms with E-state index in [0.717, 1.165) is 10.0 Å². The molecule has 0 unspecified atom stereocenters. The highest BCUT2D eigenvalue weighted by molar-refractivity contribution is 9.10. The molecule has 98 valence electrons. The SMILES string of the molecule is CCN(CC)C(=O)c1ccc(Br)cc1CC(C)=O. The molecule has 0 bridgehead atoms. The first kappa shape index (κ1) is 14.9. The Labute approximate surface area is 116 Å². The quantitative estimate of drug-likeness (QED) is 0.838. The van der Waals surface area contributed by atoms with Crippen LogP contribution in [0.25, 0.3) is 0 Å². The van der Waals surface area contributed by atoms with Crippen molar-refractivity contribution in [3.8, 4) is 0 Å². The predicted molar refractivity (Wildman–Crippen MR) is 75.8 cm³/mol. The van der Waals surface area contributed by atoms with Crippen LogP contribution in [0.5, 0.6) is 0 Å². The first-order valence-electron chi connectivity index (χ1n) is 6.06. The summed E-state index contributed by atoms with van der Waals surface area (Å²) in [5, 5.41) is 0. The number of benzene rings is 1. The fraction of sp³-hybridized carbons (Fsp3) is 0.429. The van der Waals surface area contributed by atoms with Gasteiger partial charge in [-0.15, -0.1) is 0 Å². The van der Waals surface area contributed by atoms with E-state index >= 15 is 0 Å². The fourth-order valence-electron chi connectivity index (χ4n) is 1.87. The molecule has 0 fully saturated rings. The average molecular weight is 312 g/mol. The number of carbonyl (C=O) groups excluding carboxylic acids is 2. The highest BCUT2D eigenvalue weighted by atomic mass is 79.9. The molecule has 3 nitrogen and oxygen atoms in total.